The molecule has 4 aromatic rings. The number of esters is 1. The highest BCUT2D eigenvalue weighted by Gasteiger charge is 2.46. The Labute approximate surface area is 250 Å². The molecule has 3 aromatic heterocycles. The largest absolute Gasteiger partial charge is 0.458 e. The highest BCUT2D eigenvalue weighted by atomic mass is 19.1. The third-order valence-corrected chi connectivity index (χ3v) is 9.29. The number of hydrogen-bond acceptors (Lipinski definition) is 9. The van der Waals surface area contributed by atoms with Crippen molar-refractivity contribution in [1.82, 2.24) is 29.9 Å². The topological polar surface area (TPSA) is 161 Å². The van der Waals surface area contributed by atoms with E-state index >= 15 is 4.39 Å². The number of halogens is 1. The quantitative estimate of drug-likeness (QED) is 0.248. The average molecular weight is 603 g/mol. The van der Waals surface area contributed by atoms with Gasteiger partial charge in [0.2, 0.25) is 0 Å². The zero-order valence-electron chi connectivity index (χ0n) is 24.5. The number of carbonyl (C=O) groups is 2. The smallest absolute Gasteiger partial charge is 0.343 e. The Morgan fingerprint density at radius 2 is 2.02 bits per heavy atom. The van der Waals surface area contributed by atoms with Gasteiger partial charge in [0, 0.05) is 29.1 Å². The van der Waals surface area contributed by atoms with E-state index in [2.05, 4.69) is 15.6 Å². The monoisotopic (exact) mass is 602 g/mol. The van der Waals surface area contributed by atoms with Crippen molar-refractivity contribution in [1.29, 1.82) is 0 Å². The molecule has 1 amide bonds. The number of nitrogens with zero attached hydrogens (tertiary/aromatic N) is 5. The maximum Gasteiger partial charge on any atom is 0.343 e. The summed E-state index contributed by atoms with van der Waals surface area (Å²) in [4.78, 5) is 45.0. The number of aliphatic hydroxyl groups is 2. The van der Waals surface area contributed by atoms with Crippen LogP contribution >= 0.6 is 0 Å². The molecular formula is C31H31FN6O6. The fourth-order valence-corrected chi connectivity index (χ4v) is 7.00. The standard InChI is InChI=1S/C31H31FN6O6/c1-4-8-38-27(22(12-39)35-36-38)28(40)34-20-7-6-15-14(3)19(32)10-21-24(15)25(20)16-11-37-23(26(16)33-21)9-18-17(29(37)41)13-44-30(42)31(18,43)5-2/h9-10,20,39,43H,4-8,11-13H2,1-3H3,(H,34,40)/t20-,31-/m0/s1. The molecule has 13 heteroatoms. The number of aromatic nitrogens is 5. The number of ether oxygens (including phenoxy) is 1. The van der Waals surface area contributed by atoms with Gasteiger partial charge in [-0.25, -0.2) is 18.9 Å². The lowest BCUT2D eigenvalue weighted by atomic mass is 9.81. The van der Waals surface area contributed by atoms with Crippen LogP contribution in [-0.4, -0.2) is 46.6 Å². The zero-order valence-corrected chi connectivity index (χ0v) is 24.5. The highest BCUT2D eigenvalue weighted by Crippen LogP contribution is 2.46. The molecule has 0 bridgehead atoms. The summed E-state index contributed by atoms with van der Waals surface area (Å²) in [5.41, 5.74) is 2.27. The number of aryl methyl sites for hydroxylation is 2. The number of aliphatic hydroxyl groups excluding tert-OH is 1. The molecule has 44 heavy (non-hydrogen) atoms. The van der Waals surface area contributed by atoms with Gasteiger partial charge in [0.05, 0.1) is 41.7 Å². The number of cyclic esters (lactones) is 1. The van der Waals surface area contributed by atoms with E-state index in [4.69, 9.17) is 9.72 Å². The normalized spacial score (nSPS) is 19.9. The van der Waals surface area contributed by atoms with Gasteiger partial charge in [-0.05, 0) is 55.4 Å². The van der Waals surface area contributed by atoms with Gasteiger partial charge in [-0.1, -0.05) is 19.1 Å². The number of fused-ring (bicyclic) bond motifs is 5. The van der Waals surface area contributed by atoms with E-state index < -0.39 is 41.5 Å². The second-order valence-electron chi connectivity index (χ2n) is 11.6. The van der Waals surface area contributed by atoms with Crippen molar-refractivity contribution in [3.8, 4) is 11.4 Å². The predicted octanol–water partition coefficient (Wildman–Crippen LogP) is 2.44. The van der Waals surface area contributed by atoms with Crippen LogP contribution in [-0.2, 0) is 47.9 Å². The van der Waals surface area contributed by atoms with Crippen molar-refractivity contribution < 1.29 is 28.9 Å². The molecule has 3 aliphatic rings. The van der Waals surface area contributed by atoms with Gasteiger partial charge in [0.1, 0.15) is 18.1 Å². The first-order chi connectivity index (χ1) is 21.1. The minimum absolute atomic E-state index is 0.00619. The van der Waals surface area contributed by atoms with Crippen molar-refractivity contribution >= 4 is 22.8 Å². The van der Waals surface area contributed by atoms with Gasteiger partial charge in [0.15, 0.2) is 11.3 Å². The minimum atomic E-state index is -1.98. The van der Waals surface area contributed by atoms with Gasteiger partial charge in [0.25, 0.3) is 11.5 Å². The van der Waals surface area contributed by atoms with Crippen LogP contribution in [0.3, 0.4) is 0 Å². The molecule has 0 unspecified atom stereocenters. The molecule has 228 valence electrons. The Morgan fingerprint density at radius 1 is 1.23 bits per heavy atom. The van der Waals surface area contributed by atoms with Crippen LogP contribution < -0.4 is 10.9 Å². The Bertz CT molecular complexity index is 1980. The van der Waals surface area contributed by atoms with Crippen LogP contribution in [0, 0.1) is 12.7 Å². The molecule has 0 fully saturated rings. The number of carbonyl (C=O) groups excluding carboxylic acids is 2. The molecule has 1 aliphatic carbocycles. The van der Waals surface area contributed by atoms with Crippen LogP contribution in [0.25, 0.3) is 22.3 Å². The molecule has 12 nitrogen and oxygen atoms in total. The molecule has 7 rings (SSSR count). The first kappa shape index (κ1) is 28.3. The van der Waals surface area contributed by atoms with Crippen LogP contribution in [0.15, 0.2) is 16.9 Å². The number of nitrogens with one attached hydrogen (secondary N) is 1. The van der Waals surface area contributed by atoms with Gasteiger partial charge in [-0.3, -0.25) is 9.59 Å². The predicted molar refractivity (Wildman–Crippen MR) is 154 cm³/mol. The Balaban J connectivity index is 1.43. The second kappa shape index (κ2) is 10.0. The maximum absolute atomic E-state index is 15.2. The number of amides is 1. The molecule has 0 radical (unpaired) electrons. The summed E-state index contributed by atoms with van der Waals surface area (Å²) in [6, 6.07) is 2.45. The van der Waals surface area contributed by atoms with Crippen molar-refractivity contribution in [2.45, 2.75) is 84.4 Å². The second-order valence-corrected chi connectivity index (χ2v) is 11.6. The maximum atomic E-state index is 15.2. The molecule has 2 atom stereocenters. The molecule has 0 saturated carbocycles. The van der Waals surface area contributed by atoms with Gasteiger partial charge < -0.3 is 24.8 Å². The number of rotatable bonds is 6. The summed E-state index contributed by atoms with van der Waals surface area (Å²) >= 11 is 0. The highest BCUT2D eigenvalue weighted by molar-refractivity contribution is 5.96. The molecule has 3 N–H and O–H groups in total. The van der Waals surface area contributed by atoms with E-state index in [9.17, 15) is 24.6 Å². The van der Waals surface area contributed by atoms with Gasteiger partial charge in [-0.2, -0.15) is 0 Å². The Kier molecular flexibility index (Phi) is 6.45. The van der Waals surface area contributed by atoms with Crippen LogP contribution in [0.4, 0.5) is 4.39 Å². The Hall–Kier alpha value is -4.49. The van der Waals surface area contributed by atoms with Crippen molar-refractivity contribution in [3.05, 3.63) is 73.1 Å². The molecule has 0 spiro atoms. The number of pyridine rings is 2. The van der Waals surface area contributed by atoms with E-state index in [1.807, 2.05) is 6.92 Å². The summed E-state index contributed by atoms with van der Waals surface area (Å²) < 4.78 is 23.4. The summed E-state index contributed by atoms with van der Waals surface area (Å²) in [5.74, 6) is -1.68. The van der Waals surface area contributed by atoms with Crippen LogP contribution in [0.2, 0.25) is 0 Å². The van der Waals surface area contributed by atoms with Gasteiger partial charge >= 0.3 is 5.97 Å². The van der Waals surface area contributed by atoms with E-state index in [0.29, 0.717) is 53.8 Å². The fourth-order valence-electron chi connectivity index (χ4n) is 7.00. The van der Waals surface area contributed by atoms with Crippen molar-refractivity contribution in [2.24, 2.45) is 0 Å². The van der Waals surface area contributed by atoms with Gasteiger partial charge in [-0.15, -0.1) is 5.10 Å². The third kappa shape index (κ3) is 3.81. The number of benzene rings is 1. The van der Waals surface area contributed by atoms with E-state index in [1.165, 1.54) is 15.3 Å². The van der Waals surface area contributed by atoms with E-state index in [-0.39, 0.29) is 42.1 Å². The summed E-state index contributed by atoms with van der Waals surface area (Å²) in [6.07, 6.45) is 1.65. The average Bonchev–Trinajstić information content (AvgIpc) is 3.60. The molecule has 0 saturated heterocycles. The molecule has 5 heterocycles. The van der Waals surface area contributed by atoms with Crippen molar-refractivity contribution in [3.63, 3.8) is 0 Å². The fraction of sp³-hybridized carbons (Fsp3) is 0.419. The first-order valence-corrected chi connectivity index (χ1v) is 14.8. The summed E-state index contributed by atoms with van der Waals surface area (Å²) in [7, 11) is 0. The third-order valence-electron chi connectivity index (χ3n) is 9.29. The Morgan fingerprint density at radius 3 is 2.75 bits per heavy atom. The minimum Gasteiger partial charge on any atom is -0.458 e. The lowest BCUT2D eigenvalue weighted by Crippen LogP contribution is -2.44. The summed E-state index contributed by atoms with van der Waals surface area (Å²) in [6.45, 7) is 5.16. The lowest BCUT2D eigenvalue weighted by molar-refractivity contribution is -0.172. The van der Waals surface area contributed by atoms with E-state index in [1.54, 1.807) is 19.9 Å². The molecule has 2 aliphatic heterocycles. The molecule has 1 aromatic carbocycles. The van der Waals surface area contributed by atoms with Crippen LogP contribution in [0.1, 0.15) is 88.7 Å². The molecular weight excluding hydrogens is 571 g/mol. The summed E-state index contributed by atoms with van der Waals surface area (Å²) in [5, 5.41) is 33.0. The SMILES string of the molecule is CCCn1nnc(CO)c1C(=O)N[C@H]1CCc2c(C)c(F)cc3nc4c(c1c23)Cn1c-4cc2c(c1=O)COC(=O)[C@]2(O)CC. The number of hydrogen-bond donors (Lipinski definition) is 3. The lowest BCUT2D eigenvalue weighted by Gasteiger charge is -2.31. The zero-order chi connectivity index (χ0) is 31.1. The van der Waals surface area contributed by atoms with E-state index in [0.717, 1.165) is 16.5 Å². The van der Waals surface area contributed by atoms with Crippen molar-refractivity contribution in [2.75, 3.05) is 0 Å². The van der Waals surface area contributed by atoms with Crippen LogP contribution in [0.5, 0.6) is 0 Å². The first-order valence-electron chi connectivity index (χ1n) is 14.8.